The Balaban J connectivity index is 2.74. The highest BCUT2D eigenvalue weighted by molar-refractivity contribution is 6.41. The second-order valence-electron chi connectivity index (χ2n) is 3.76. The molecule has 5 heteroatoms. The van der Waals surface area contributed by atoms with Crippen molar-refractivity contribution < 1.29 is 14.7 Å². The molecule has 0 bridgehead atoms. The molecule has 0 spiro atoms. The van der Waals surface area contributed by atoms with Crippen LogP contribution in [0.3, 0.4) is 0 Å². The van der Waals surface area contributed by atoms with Crippen molar-refractivity contribution in [2.45, 2.75) is 13.8 Å². The van der Waals surface area contributed by atoms with Crippen molar-refractivity contribution in [2.75, 3.05) is 0 Å². The summed E-state index contributed by atoms with van der Waals surface area (Å²) in [5.74, 6) is -2.01. The molecule has 18 heavy (non-hydrogen) atoms. The molecule has 0 fully saturated rings. The average Bonchev–Trinajstić information content (AvgIpc) is 2.36. The smallest absolute Gasteiger partial charge is 0.311 e. The van der Waals surface area contributed by atoms with Gasteiger partial charge in [0.15, 0.2) is 0 Å². The van der Waals surface area contributed by atoms with E-state index in [1.165, 1.54) is 0 Å². The van der Waals surface area contributed by atoms with Crippen molar-refractivity contribution in [3.63, 3.8) is 0 Å². The molecule has 5 nitrogen and oxygen atoms in total. The molecule has 1 aromatic carbocycles. The van der Waals surface area contributed by atoms with Gasteiger partial charge in [-0.05, 0) is 13.8 Å². The van der Waals surface area contributed by atoms with Crippen LogP contribution in [0.25, 0.3) is 5.76 Å². The topological polar surface area (TPSA) is 78.8 Å². The van der Waals surface area contributed by atoms with Crippen LogP contribution >= 0.6 is 0 Å². The fraction of sp³-hybridized carbons (Fsp3) is 0.154. The highest BCUT2D eigenvalue weighted by Crippen LogP contribution is 2.09. The standard InChI is InChI=1S/C13H14N2O3/c1-9(2)14-15-13(18)12(17)8-11(16)10-6-4-3-5-7-10/h3-8,16H,1-2H3,(H,15,18). The number of nitrogens with zero attached hydrogens (tertiary/aromatic N) is 1. The van der Waals surface area contributed by atoms with Crippen molar-refractivity contribution in [3.05, 3.63) is 42.0 Å². The number of rotatable bonds is 4. The zero-order valence-corrected chi connectivity index (χ0v) is 10.2. The maximum Gasteiger partial charge on any atom is 0.311 e. The van der Waals surface area contributed by atoms with Crippen molar-refractivity contribution >= 4 is 23.2 Å². The van der Waals surface area contributed by atoms with Gasteiger partial charge in [0.25, 0.3) is 0 Å². The van der Waals surface area contributed by atoms with E-state index < -0.39 is 11.7 Å². The minimum Gasteiger partial charge on any atom is -0.507 e. The Labute approximate surface area is 105 Å². The fourth-order valence-corrected chi connectivity index (χ4v) is 1.10. The SMILES string of the molecule is CC(C)=NNC(=O)C(=O)C=C(O)c1ccccc1. The van der Waals surface area contributed by atoms with Gasteiger partial charge in [0, 0.05) is 17.4 Å². The Morgan fingerprint density at radius 1 is 1.22 bits per heavy atom. The molecule has 0 saturated heterocycles. The number of hydrogen-bond acceptors (Lipinski definition) is 4. The Bertz CT molecular complexity index is 500. The summed E-state index contributed by atoms with van der Waals surface area (Å²) in [6.45, 7) is 3.37. The summed E-state index contributed by atoms with van der Waals surface area (Å²) in [5, 5.41) is 13.3. The molecule has 0 aliphatic carbocycles. The lowest BCUT2D eigenvalue weighted by molar-refractivity contribution is -0.135. The predicted molar refractivity (Wildman–Crippen MR) is 69.0 cm³/mol. The van der Waals surface area contributed by atoms with E-state index in [0.29, 0.717) is 11.3 Å². The quantitative estimate of drug-likeness (QED) is 0.279. The van der Waals surface area contributed by atoms with Crippen LogP contribution in [0.2, 0.25) is 0 Å². The minimum atomic E-state index is -0.890. The number of hydrogen-bond donors (Lipinski definition) is 2. The van der Waals surface area contributed by atoms with Crippen LogP contribution in [-0.4, -0.2) is 22.5 Å². The first-order valence-corrected chi connectivity index (χ1v) is 5.32. The van der Waals surface area contributed by atoms with Gasteiger partial charge in [-0.15, -0.1) is 0 Å². The minimum absolute atomic E-state index is 0.257. The highest BCUT2D eigenvalue weighted by Gasteiger charge is 2.11. The molecule has 0 aliphatic rings. The Morgan fingerprint density at radius 3 is 2.39 bits per heavy atom. The average molecular weight is 246 g/mol. The van der Waals surface area contributed by atoms with Crippen molar-refractivity contribution in [1.29, 1.82) is 0 Å². The predicted octanol–water partition coefficient (Wildman–Crippen LogP) is 1.67. The van der Waals surface area contributed by atoms with E-state index >= 15 is 0 Å². The van der Waals surface area contributed by atoms with Gasteiger partial charge in [-0.2, -0.15) is 5.10 Å². The van der Waals surface area contributed by atoms with Crippen molar-refractivity contribution in [2.24, 2.45) is 5.10 Å². The summed E-state index contributed by atoms with van der Waals surface area (Å²) in [6, 6.07) is 8.48. The molecule has 2 N–H and O–H groups in total. The number of hydrazone groups is 1. The van der Waals surface area contributed by atoms with Crippen LogP contribution in [0.1, 0.15) is 19.4 Å². The van der Waals surface area contributed by atoms with Crippen molar-refractivity contribution in [3.8, 4) is 0 Å². The number of aliphatic hydroxyl groups is 1. The maximum atomic E-state index is 11.4. The number of ketones is 1. The van der Waals surface area contributed by atoms with Crippen molar-refractivity contribution in [1.82, 2.24) is 5.43 Å². The summed E-state index contributed by atoms with van der Waals surface area (Å²) in [4.78, 5) is 22.7. The number of aliphatic hydroxyl groups excluding tert-OH is 1. The molecule has 0 saturated carbocycles. The van der Waals surface area contributed by atoms with Gasteiger partial charge in [0.05, 0.1) is 0 Å². The normalized spacial score (nSPS) is 10.7. The number of nitrogens with one attached hydrogen (secondary N) is 1. The molecule has 0 aliphatic heterocycles. The first-order valence-electron chi connectivity index (χ1n) is 5.32. The van der Waals surface area contributed by atoms with Gasteiger partial charge in [0.1, 0.15) is 5.76 Å². The monoisotopic (exact) mass is 246 g/mol. The van der Waals surface area contributed by atoms with E-state index in [1.807, 2.05) is 0 Å². The van der Waals surface area contributed by atoms with Crippen LogP contribution in [0.5, 0.6) is 0 Å². The molecule has 0 unspecified atom stereocenters. The molecule has 0 heterocycles. The van der Waals surface area contributed by atoms with E-state index in [-0.39, 0.29) is 5.76 Å². The lowest BCUT2D eigenvalue weighted by Gasteiger charge is -1.99. The Morgan fingerprint density at radius 2 is 1.83 bits per heavy atom. The second kappa shape index (κ2) is 6.34. The lowest BCUT2D eigenvalue weighted by Crippen LogP contribution is -2.26. The summed E-state index contributed by atoms with van der Waals surface area (Å²) in [7, 11) is 0. The summed E-state index contributed by atoms with van der Waals surface area (Å²) in [6.07, 6.45) is 0.866. The van der Waals surface area contributed by atoms with E-state index in [4.69, 9.17) is 0 Å². The van der Waals surface area contributed by atoms with E-state index in [1.54, 1.807) is 44.2 Å². The van der Waals surface area contributed by atoms with Crippen LogP contribution in [0.15, 0.2) is 41.5 Å². The maximum absolute atomic E-state index is 11.4. The third-order valence-electron chi connectivity index (χ3n) is 1.94. The van der Waals surface area contributed by atoms with E-state index in [9.17, 15) is 14.7 Å². The molecule has 0 atom stereocenters. The largest absolute Gasteiger partial charge is 0.507 e. The van der Waals surface area contributed by atoms with Gasteiger partial charge >= 0.3 is 5.91 Å². The summed E-state index contributed by atoms with van der Waals surface area (Å²) >= 11 is 0. The van der Waals surface area contributed by atoms with E-state index in [2.05, 4.69) is 10.5 Å². The van der Waals surface area contributed by atoms with Gasteiger partial charge in [-0.3, -0.25) is 9.59 Å². The number of amides is 1. The number of carbonyl (C=O) groups excluding carboxylic acids is 2. The van der Waals surface area contributed by atoms with Crippen LogP contribution < -0.4 is 5.43 Å². The first kappa shape index (κ1) is 13.6. The number of carbonyl (C=O) groups is 2. The zero-order chi connectivity index (χ0) is 13.5. The molecule has 1 amide bonds. The molecule has 0 radical (unpaired) electrons. The van der Waals surface area contributed by atoms with Gasteiger partial charge in [-0.1, -0.05) is 30.3 Å². The molecular weight excluding hydrogens is 232 g/mol. The third kappa shape index (κ3) is 4.21. The van der Waals surface area contributed by atoms with Gasteiger partial charge < -0.3 is 5.11 Å². The van der Waals surface area contributed by atoms with Crippen LogP contribution in [0, 0.1) is 0 Å². The number of benzene rings is 1. The lowest BCUT2D eigenvalue weighted by atomic mass is 10.1. The Hall–Kier alpha value is -2.43. The highest BCUT2D eigenvalue weighted by atomic mass is 16.3. The summed E-state index contributed by atoms with van der Waals surface area (Å²) < 4.78 is 0. The molecular formula is C13H14N2O3. The molecule has 1 aromatic rings. The zero-order valence-electron chi connectivity index (χ0n) is 10.2. The van der Waals surface area contributed by atoms with Gasteiger partial charge in [-0.25, -0.2) is 5.43 Å². The summed E-state index contributed by atoms with van der Waals surface area (Å²) in [5.41, 5.74) is 3.17. The molecule has 94 valence electrons. The Kier molecular flexibility index (Phi) is 4.80. The van der Waals surface area contributed by atoms with Crippen LogP contribution in [0.4, 0.5) is 0 Å². The fourth-order valence-electron chi connectivity index (χ4n) is 1.10. The van der Waals surface area contributed by atoms with Crippen LogP contribution in [-0.2, 0) is 9.59 Å². The van der Waals surface area contributed by atoms with E-state index in [0.717, 1.165) is 6.08 Å². The second-order valence-corrected chi connectivity index (χ2v) is 3.76. The molecule has 0 aromatic heterocycles. The third-order valence-corrected chi connectivity index (χ3v) is 1.94. The molecule has 1 rings (SSSR count). The van der Waals surface area contributed by atoms with Gasteiger partial charge in [0.2, 0.25) is 5.78 Å². The first-order chi connectivity index (χ1) is 8.50.